The molecule has 1 aliphatic heterocycles. The molecule has 0 saturated carbocycles. The number of fused-ring (bicyclic) bond motifs is 2. The molecule has 2 heterocycles. The molecule has 2 aromatic rings. The van der Waals surface area contributed by atoms with Crippen molar-refractivity contribution in [2.45, 2.75) is 19.4 Å². The van der Waals surface area contributed by atoms with Crippen LogP contribution in [-0.2, 0) is 19.5 Å². The van der Waals surface area contributed by atoms with Crippen LogP contribution in [0.4, 0.5) is 0 Å². The summed E-state index contributed by atoms with van der Waals surface area (Å²) in [4.78, 5) is 12.6. The van der Waals surface area contributed by atoms with Gasteiger partial charge in [-0.1, -0.05) is 6.07 Å². The summed E-state index contributed by atoms with van der Waals surface area (Å²) in [6.45, 7) is 2.39. The number of alkyl halides is 1. The van der Waals surface area contributed by atoms with Gasteiger partial charge >= 0.3 is 0 Å². The van der Waals surface area contributed by atoms with Crippen LogP contribution in [-0.4, -0.2) is 10.4 Å². The van der Waals surface area contributed by atoms with Gasteiger partial charge in [-0.25, -0.2) is 0 Å². The minimum absolute atomic E-state index is 0.00127. The predicted molar refractivity (Wildman–Crippen MR) is 73.9 cm³/mol. The Morgan fingerprint density at radius 2 is 2.16 bits per heavy atom. The summed E-state index contributed by atoms with van der Waals surface area (Å²) in [5.41, 5.74) is 4.21. The molecule has 0 fully saturated rings. The fraction of sp³-hybridized carbons (Fsp3) is 0.267. The highest BCUT2D eigenvalue weighted by Gasteiger charge is 2.26. The minimum Gasteiger partial charge on any atom is -0.488 e. The first-order chi connectivity index (χ1) is 9.11. The second kappa shape index (κ2) is 4.42. The Morgan fingerprint density at radius 3 is 2.89 bits per heavy atom. The number of carbonyl (C=O) groups excluding carboxylic acids is 1. The standard InChI is InChI=1S/C15H14ClNO2/c1-9-3-4-12-13(5-9)19-8-10-6-11(7-16)17(2)14(10)15(12)18/h3-6H,7-8H2,1-2H3. The van der Waals surface area contributed by atoms with E-state index in [1.165, 1.54) is 0 Å². The SMILES string of the molecule is Cc1ccc2c(c1)OCc1cc(CCl)n(C)c1C2=O. The van der Waals surface area contributed by atoms with Crippen LogP contribution in [0.3, 0.4) is 0 Å². The zero-order valence-electron chi connectivity index (χ0n) is 10.9. The van der Waals surface area contributed by atoms with Crippen molar-refractivity contribution in [2.24, 2.45) is 7.05 Å². The van der Waals surface area contributed by atoms with Crippen LogP contribution in [0.5, 0.6) is 5.75 Å². The van der Waals surface area contributed by atoms with Crippen LogP contribution in [0.25, 0.3) is 0 Å². The molecule has 3 rings (SSSR count). The van der Waals surface area contributed by atoms with Gasteiger partial charge in [0.15, 0.2) is 0 Å². The van der Waals surface area contributed by atoms with E-state index in [0.717, 1.165) is 16.8 Å². The van der Waals surface area contributed by atoms with Gasteiger partial charge in [-0.3, -0.25) is 4.79 Å². The number of halogens is 1. The molecule has 0 unspecified atom stereocenters. The maximum atomic E-state index is 12.6. The van der Waals surface area contributed by atoms with Crippen LogP contribution >= 0.6 is 11.6 Å². The fourth-order valence-corrected chi connectivity index (χ4v) is 2.74. The molecule has 1 aromatic carbocycles. The van der Waals surface area contributed by atoms with E-state index < -0.39 is 0 Å². The number of benzene rings is 1. The summed E-state index contributed by atoms with van der Waals surface area (Å²) in [5.74, 6) is 1.05. The lowest BCUT2D eigenvalue weighted by molar-refractivity contribution is 0.103. The first kappa shape index (κ1) is 12.3. The van der Waals surface area contributed by atoms with Crippen LogP contribution < -0.4 is 4.74 Å². The average molecular weight is 276 g/mol. The van der Waals surface area contributed by atoms with Gasteiger partial charge in [-0.2, -0.15) is 0 Å². The Hall–Kier alpha value is -1.74. The van der Waals surface area contributed by atoms with Crippen molar-refractivity contribution in [3.05, 3.63) is 52.3 Å². The number of nitrogens with zero attached hydrogens (tertiary/aromatic N) is 1. The lowest BCUT2D eigenvalue weighted by Crippen LogP contribution is -2.09. The molecule has 19 heavy (non-hydrogen) atoms. The maximum absolute atomic E-state index is 12.6. The minimum atomic E-state index is 0.00127. The molecule has 4 heteroatoms. The van der Waals surface area contributed by atoms with E-state index in [1.54, 1.807) is 0 Å². The maximum Gasteiger partial charge on any atom is 0.213 e. The molecule has 1 aliphatic rings. The molecule has 3 nitrogen and oxygen atoms in total. The number of carbonyl (C=O) groups is 1. The van der Waals surface area contributed by atoms with E-state index in [4.69, 9.17) is 16.3 Å². The quantitative estimate of drug-likeness (QED) is 0.749. The molecule has 0 saturated heterocycles. The van der Waals surface area contributed by atoms with Crippen LogP contribution in [0.15, 0.2) is 24.3 Å². The number of ketones is 1. The number of hydrogen-bond donors (Lipinski definition) is 0. The third-order valence-electron chi connectivity index (χ3n) is 3.53. The van der Waals surface area contributed by atoms with Crippen LogP contribution in [0, 0.1) is 6.92 Å². The smallest absolute Gasteiger partial charge is 0.213 e. The van der Waals surface area contributed by atoms with Crippen LogP contribution in [0.1, 0.15) is 32.9 Å². The van der Waals surface area contributed by atoms with Gasteiger partial charge in [0.05, 0.1) is 17.1 Å². The van der Waals surface area contributed by atoms with Gasteiger partial charge in [-0.15, -0.1) is 11.6 Å². The Balaban J connectivity index is 2.19. The highest BCUT2D eigenvalue weighted by atomic mass is 35.5. The largest absolute Gasteiger partial charge is 0.488 e. The molecule has 0 atom stereocenters. The highest BCUT2D eigenvalue weighted by Crippen LogP contribution is 2.30. The molecule has 0 bridgehead atoms. The van der Waals surface area contributed by atoms with E-state index in [1.807, 2.05) is 42.8 Å². The summed E-state index contributed by atoms with van der Waals surface area (Å²) < 4.78 is 7.63. The molecule has 0 spiro atoms. The van der Waals surface area contributed by atoms with E-state index in [2.05, 4.69) is 0 Å². The van der Waals surface area contributed by atoms with E-state index in [0.29, 0.717) is 29.5 Å². The molecule has 98 valence electrons. The number of aromatic nitrogens is 1. The normalized spacial score (nSPS) is 13.5. The topological polar surface area (TPSA) is 31.2 Å². The molecule has 0 radical (unpaired) electrons. The molecule has 0 aliphatic carbocycles. The van der Waals surface area contributed by atoms with Crippen molar-refractivity contribution in [3.8, 4) is 5.75 Å². The Kier molecular flexibility index (Phi) is 2.86. The van der Waals surface area contributed by atoms with Crippen molar-refractivity contribution >= 4 is 17.4 Å². The van der Waals surface area contributed by atoms with Gasteiger partial charge in [0.2, 0.25) is 5.78 Å². The summed E-state index contributed by atoms with van der Waals surface area (Å²) in [6.07, 6.45) is 0. The Labute approximate surface area is 116 Å². The summed E-state index contributed by atoms with van der Waals surface area (Å²) in [7, 11) is 1.87. The number of hydrogen-bond acceptors (Lipinski definition) is 2. The average Bonchev–Trinajstić information content (AvgIpc) is 2.64. The van der Waals surface area contributed by atoms with Crippen molar-refractivity contribution in [2.75, 3.05) is 0 Å². The number of ether oxygens (including phenoxy) is 1. The third kappa shape index (κ3) is 1.85. The molecule has 1 aromatic heterocycles. The Morgan fingerprint density at radius 1 is 1.37 bits per heavy atom. The second-order valence-corrected chi connectivity index (χ2v) is 5.09. The van der Waals surface area contributed by atoms with Gasteiger partial charge in [0, 0.05) is 18.3 Å². The van der Waals surface area contributed by atoms with Gasteiger partial charge in [0.1, 0.15) is 12.4 Å². The van der Waals surface area contributed by atoms with E-state index in [9.17, 15) is 4.79 Å². The summed E-state index contributed by atoms with van der Waals surface area (Å²) in [6, 6.07) is 7.60. The second-order valence-electron chi connectivity index (χ2n) is 4.82. The highest BCUT2D eigenvalue weighted by molar-refractivity contribution is 6.17. The third-order valence-corrected chi connectivity index (χ3v) is 3.80. The van der Waals surface area contributed by atoms with Crippen LogP contribution in [0.2, 0.25) is 0 Å². The van der Waals surface area contributed by atoms with Crippen molar-refractivity contribution in [1.82, 2.24) is 4.57 Å². The monoisotopic (exact) mass is 275 g/mol. The lowest BCUT2D eigenvalue weighted by Gasteiger charge is -2.08. The van der Waals surface area contributed by atoms with E-state index in [-0.39, 0.29) is 5.78 Å². The van der Waals surface area contributed by atoms with Crippen molar-refractivity contribution < 1.29 is 9.53 Å². The number of rotatable bonds is 1. The van der Waals surface area contributed by atoms with E-state index >= 15 is 0 Å². The predicted octanol–water partition coefficient (Wildman–Crippen LogP) is 3.20. The Bertz CT molecular complexity index is 673. The fourth-order valence-electron chi connectivity index (χ4n) is 2.48. The molecular formula is C15H14ClNO2. The lowest BCUT2D eigenvalue weighted by atomic mass is 10.0. The number of aryl methyl sites for hydroxylation is 1. The molecule has 0 amide bonds. The van der Waals surface area contributed by atoms with Gasteiger partial charge in [-0.05, 0) is 30.7 Å². The zero-order chi connectivity index (χ0) is 13.6. The molecular weight excluding hydrogens is 262 g/mol. The first-order valence-corrected chi connectivity index (χ1v) is 6.67. The van der Waals surface area contributed by atoms with Crippen molar-refractivity contribution in [1.29, 1.82) is 0 Å². The van der Waals surface area contributed by atoms with Gasteiger partial charge in [0.25, 0.3) is 0 Å². The summed E-state index contributed by atoms with van der Waals surface area (Å²) >= 11 is 5.89. The zero-order valence-corrected chi connectivity index (χ0v) is 11.6. The first-order valence-electron chi connectivity index (χ1n) is 6.13. The van der Waals surface area contributed by atoms with Gasteiger partial charge < -0.3 is 9.30 Å². The summed E-state index contributed by atoms with van der Waals surface area (Å²) in [5, 5.41) is 0. The van der Waals surface area contributed by atoms with Crippen molar-refractivity contribution in [3.63, 3.8) is 0 Å². The molecule has 0 N–H and O–H groups in total.